The number of ether oxygens (including phenoxy) is 1. The van der Waals surface area contributed by atoms with Crippen molar-refractivity contribution in [3.63, 3.8) is 0 Å². The fraction of sp³-hybridized carbons (Fsp3) is 0.316. The van der Waals surface area contributed by atoms with Crippen molar-refractivity contribution in [2.75, 3.05) is 6.54 Å². The van der Waals surface area contributed by atoms with Gasteiger partial charge in [-0.15, -0.1) is 0 Å². The van der Waals surface area contributed by atoms with E-state index in [9.17, 15) is 14.3 Å². The smallest absolute Gasteiger partial charge is 0.408 e. The SMILES string of the molecule is O=C(O)N1CCC2CC21c1cc(F)ccc1OCc1ccccc1. The van der Waals surface area contributed by atoms with Crippen molar-refractivity contribution in [1.29, 1.82) is 0 Å². The monoisotopic (exact) mass is 327 g/mol. The largest absolute Gasteiger partial charge is 0.489 e. The van der Waals surface area contributed by atoms with Crippen molar-refractivity contribution in [2.24, 2.45) is 5.92 Å². The molecule has 4 rings (SSSR count). The van der Waals surface area contributed by atoms with Crippen LogP contribution in [-0.2, 0) is 12.1 Å². The molecule has 1 amide bonds. The highest BCUT2D eigenvalue weighted by molar-refractivity contribution is 5.69. The van der Waals surface area contributed by atoms with Gasteiger partial charge in [-0.25, -0.2) is 9.18 Å². The van der Waals surface area contributed by atoms with E-state index >= 15 is 0 Å². The first-order valence-electron chi connectivity index (χ1n) is 8.08. The number of nitrogens with zero attached hydrogens (tertiary/aromatic N) is 1. The summed E-state index contributed by atoms with van der Waals surface area (Å²) in [6.07, 6.45) is 0.610. The molecule has 5 heteroatoms. The van der Waals surface area contributed by atoms with E-state index in [1.807, 2.05) is 30.3 Å². The molecule has 0 aromatic heterocycles. The van der Waals surface area contributed by atoms with E-state index in [0.29, 0.717) is 24.5 Å². The second kappa shape index (κ2) is 5.51. The van der Waals surface area contributed by atoms with Gasteiger partial charge in [-0.3, -0.25) is 4.90 Å². The zero-order valence-corrected chi connectivity index (χ0v) is 13.1. The predicted molar refractivity (Wildman–Crippen MR) is 86.3 cm³/mol. The molecular weight excluding hydrogens is 309 g/mol. The highest BCUT2D eigenvalue weighted by Gasteiger charge is 2.65. The minimum atomic E-state index is -0.951. The predicted octanol–water partition coefficient (Wildman–Crippen LogP) is 4.00. The number of rotatable bonds is 4. The van der Waals surface area contributed by atoms with Crippen LogP contribution in [0.2, 0.25) is 0 Å². The number of benzene rings is 2. The van der Waals surface area contributed by atoms with Gasteiger partial charge >= 0.3 is 6.09 Å². The topological polar surface area (TPSA) is 49.8 Å². The third kappa shape index (κ3) is 2.31. The van der Waals surface area contributed by atoms with E-state index in [0.717, 1.165) is 18.4 Å². The van der Waals surface area contributed by atoms with Crippen molar-refractivity contribution in [3.05, 3.63) is 65.5 Å². The van der Waals surface area contributed by atoms with Gasteiger partial charge in [0.15, 0.2) is 0 Å². The number of hydrogen-bond acceptors (Lipinski definition) is 2. The summed E-state index contributed by atoms with van der Waals surface area (Å²) in [5.74, 6) is 0.458. The van der Waals surface area contributed by atoms with Gasteiger partial charge in [0.25, 0.3) is 0 Å². The lowest BCUT2D eigenvalue weighted by Gasteiger charge is -2.27. The number of piperidine rings is 1. The van der Waals surface area contributed by atoms with Crippen LogP contribution in [0, 0.1) is 11.7 Å². The Kier molecular flexibility index (Phi) is 3.44. The van der Waals surface area contributed by atoms with Gasteiger partial charge in [0.1, 0.15) is 18.2 Å². The van der Waals surface area contributed by atoms with Crippen LogP contribution < -0.4 is 4.74 Å². The Hall–Kier alpha value is -2.56. The normalized spacial score (nSPS) is 24.5. The van der Waals surface area contributed by atoms with Gasteiger partial charge in [-0.05, 0) is 42.5 Å². The average molecular weight is 327 g/mol. The Morgan fingerprint density at radius 2 is 2.08 bits per heavy atom. The maximum atomic E-state index is 13.9. The van der Waals surface area contributed by atoms with Crippen LogP contribution in [-0.4, -0.2) is 22.6 Å². The van der Waals surface area contributed by atoms with E-state index in [1.165, 1.54) is 17.0 Å². The number of halogens is 1. The molecule has 0 bridgehead atoms. The van der Waals surface area contributed by atoms with E-state index in [4.69, 9.17) is 4.74 Å². The molecule has 124 valence electrons. The molecule has 2 atom stereocenters. The maximum Gasteiger partial charge on any atom is 0.408 e. The molecule has 24 heavy (non-hydrogen) atoms. The fourth-order valence-electron chi connectivity index (χ4n) is 3.92. The van der Waals surface area contributed by atoms with Gasteiger partial charge in [0.2, 0.25) is 0 Å². The third-order valence-electron chi connectivity index (χ3n) is 5.13. The zero-order chi connectivity index (χ0) is 16.7. The molecule has 1 heterocycles. The average Bonchev–Trinajstić information content (AvgIpc) is 3.19. The van der Waals surface area contributed by atoms with E-state index < -0.39 is 11.6 Å². The van der Waals surface area contributed by atoms with Crippen molar-refractivity contribution >= 4 is 6.09 Å². The van der Waals surface area contributed by atoms with Crippen molar-refractivity contribution in [1.82, 2.24) is 4.90 Å². The Morgan fingerprint density at radius 3 is 2.79 bits per heavy atom. The van der Waals surface area contributed by atoms with Crippen LogP contribution in [0.15, 0.2) is 48.5 Å². The lowest BCUT2D eigenvalue weighted by atomic mass is 10.0. The van der Waals surface area contributed by atoms with Crippen LogP contribution in [0.1, 0.15) is 24.0 Å². The Morgan fingerprint density at radius 1 is 1.29 bits per heavy atom. The Labute approximate surface area is 139 Å². The highest BCUT2D eigenvalue weighted by Crippen LogP contribution is 2.64. The third-order valence-corrected chi connectivity index (χ3v) is 5.13. The molecule has 0 spiro atoms. The second-order valence-electron chi connectivity index (χ2n) is 6.46. The number of amides is 1. The van der Waals surface area contributed by atoms with Gasteiger partial charge in [0.05, 0.1) is 5.54 Å². The highest BCUT2D eigenvalue weighted by atomic mass is 19.1. The van der Waals surface area contributed by atoms with E-state index in [1.54, 1.807) is 6.07 Å². The van der Waals surface area contributed by atoms with Crippen LogP contribution in [0.3, 0.4) is 0 Å². The van der Waals surface area contributed by atoms with Gasteiger partial charge in [-0.2, -0.15) is 0 Å². The van der Waals surface area contributed by atoms with Crippen LogP contribution in [0.4, 0.5) is 9.18 Å². The summed E-state index contributed by atoms with van der Waals surface area (Å²) in [7, 11) is 0. The Bertz CT molecular complexity index is 779. The molecule has 2 aromatic carbocycles. The van der Waals surface area contributed by atoms with E-state index in [-0.39, 0.29) is 11.7 Å². The molecule has 1 saturated heterocycles. The van der Waals surface area contributed by atoms with Crippen LogP contribution >= 0.6 is 0 Å². The van der Waals surface area contributed by atoms with Gasteiger partial charge in [0, 0.05) is 12.1 Å². The maximum absolute atomic E-state index is 13.9. The quantitative estimate of drug-likeness (QED) is 0.923. The number of carbonyl (C=O) groups is 1. The lowest BCUT2D eigenvalue weighted by molar-refractivity contribution is 0.126. The molecule has 2 unspecified atom stereocenters. The summed E-state index contributed by atoms with van der Waals surface area (Å²) in [5.41, 5.74) is 1.06. The molecule has 2 aromatic rings. The number of hydrogen-bond donors (Lipinski definition) is 1. The molecule has 1 saturated carbocycles. The zero-order valence-electron chi connectivity index (χ0n) is 13.1. The summed E-state index contributed by atoms with van der Waals surface area (Å²) in [4.78, 5) is 13.0. The number of likely N-dealkylation sites (tertiary alicyclic amines) is 1. The summed E-state index contributed by atoms with van der Waals surface area (Å²) in [6.45, 7) is 0.863. The first-order valence-corrected chi connectivity index (χ1v) is 8.08. The molecule has 2 aliphatic rings. The minimum absolute atomic E-state index is 0.259. The second-order valence-corrected chi connectivity index (χ2v) is 6.46. The molecule has 4 nitrogen and oxygen atoms in total. The molecule has 2 fully saturated rings. The van der Waals surface area contributed by atoms with Crippen molar-refractivity contribution in [3.8, 4) is 5.75 Å². The standard InChI is InChI=1S/C19H18FNO3/c20-15-6-7-17(24-12-13-4-2-1-3-5-13)16(10-15)19-11-14(19)8-9-21(19)18(22)23/h1-7,10,14H,8-9,11-12H2,(H,22,23). The van der Waals surface area contributed by atoms with E-state index in [2.05, 4.69) is 0 Å². The summed E-state index contributed by atoms with van der Waals surface area (Å²) >= 11 is 0. The van der Waals surface area contributed by atoms with Crippen LogP contribution in [0.5, 0.6) is 5.75 Å². The van der Waals surface area contributed by atoms with Crippen molar-refractivity contribution in [2.45, 2.75) is 25.0 Å². The molecule has 1 aliphatic heterocycles. The minimum Gasteiger partial charge on any atom is -0.489 e. The molecule has 1 N–H and O–H groups in total. The fourth-order valence-corrected chi connectivity index (χ4v) is 3.92. The Balaban J connectivity index is 1.66. The number of fused-ring (bicyclic) bond motifs is 1. The lowest BCUT2D eigenvalue weighted by Crippen LogP contribution is -2.37. The number of carboxylic acid groups (broad SMARTS) is 1. The first-order chi connectivity index (χ1) is 11.6. The van der Waals surface area contributed by atoms with Gasteiger partial charge < -0.3 is 9.84 Å². The van der Waals surface area contributed by atoms with Gasteiger partial charge in [-0.1, -0.05) is 30.3 Å². The first kappa shape index (κ1) is 15.0. The van der Waals surface area contributed by atoms with Crippen molar-refractivity contribution < 1.29 is 19.0 Å². The summed E-state index contributed by atoms with van der Waals surface area (Å²) < 4.78 is 19.8. The summed E-state index contributed by atoms with van der Waals surface area (Å²) in [5, 5.41) is 9.50. The molecule has 1 aliphatic carbocycles. The van der Waals surface area contributed by atoms with Crippen LogP contribution in [0.25, 0.3) is 0 Å². The molecular formula is C19H18FNO3. The summed E-state index contributed by atoms with van der Waals surface area (Å²) in [6, 6.07) is 14.1. The molecule has 0 radical (unpaired) electrons.